The van der Waals surface area contributed by atoms with Gasteiger partial charge in [0.2, 0.25) is 0 Å². The van der Waals surface area contributed by atoms with Crippen molar-refractivity contribution in [2.45, 2.75) is 91.0 Å². The van der Waals surface area contributed by atoms with Gasteiger partial charge in [-0.15, -0.1) is 0 Å². The van der Waals surface area contributed by atoms with E-state index in [-0.39, 0.29) is 59.3 Å². The summed E-state index contributed by atoms with van der Waals surface area (Å²) in [6.45, 7) is 8.40. The third-order valence-corrected chi connectivity index (χ3v) is 6.45. The molecule has 0 aromatic heterocycles. The van der Waals surface area contributed by atoms with Crippen LogP contribution in [0.4, 0.5) is 4.39 Å². The predicted octanol–water partition coefficient (Wildman–Crippen LogP) is 0.937. The van der Waals surface area contributed by atoms with Crippen LogP contribution in [0.2, 0.25) is 0 Å². The standard InChI is InChI=1S/C23H37FO4.Na/c1-5-6-13-23(3,4)19(25)12-11-16-15(2)14-18-21(16)22(24)17(28-18)9-7-8-10-20(26)27;/h9,11-12,15-16,18-19,21-22,25H,5-8,10,13-14H2,1-4H3,(H,26,27);/q;+1/p-1/b12-11+,17-9-;/t15-,16+,18+,19-,21-,22?;/m1./s1. The number of halogens is 1. The SMILES string of the molecule is CCCCC(C)(C)[C@H](O)/C=C/[C@@H]1[C@H]2C(F)/C(=C/CCCC(=O)[O-])O[C@H]2C[C@H]1C.[Na+]. The molecule has 1 heterocycles. The van der Waals surface area contributed by atoms with Gasteiger partial charge in [-0.1, -0.05) is 52.7 Å². The van der Waals surface area contributed by atoms with Crippen LogP contribution in [0.3, 0.4) is 0 Å². The summed E-state index contributed by atoms with van der Waals surface area (Å²) in [5.41, 5.74) is -0.195. The molecule has 1 saturated carbocycles. The maximum atomic E-state index is 15.1. The third-order valence-electron chi connectivity index (χ3n) is 6.45. The number of alkyl halides is 1. The van der Waals surface area contributed by atoms with Crippen molar-refractivity contribution >= 4 is 5.97 Å². The smallest absolute Gasteiger partial charge is 0.550 e. The van der Waals surface area contributed by atoms with E-state index in [1.807, 2.05) is 12.2 Å². The first-order chi connectivity index (χ1) is 13.2. The maximum absolute atomic E-state index is 15.1. The Morgan fingerprint density at radius 2 is 2.10 bits per heavy atom. The summed E-state index contributed by atoms with van der Waals surface area (Å²) in [6, 6.07) is 0. The Morgan fingerprint density at radius 1 is 1.41 bits per heavy atom. The number of aliphatic hydroxyl groups is 1. The van der Waals surface area contributed by atoms with Crippen LogP contribution >= 0.6 is 0 Å². The van der Waals surface area contributed by atoms with E-state index in [4.69, 9.17) is 4.74 Å². The second kappa shape index (κ2) is 11.9. The number of carbonyl (C=O) groups excluding carboxylic acids is 1. The normalized spacial score (nSPS) is 31.5. The molecule has 0 radical (unpaired) electrons. The molecule has 160 valence electrons. The molecule has 4 nitrogen and oxygen atoms in total. The average Bonchev–Trinajstić information content (AvgIpc) is 3.09. The number of aliphatic hydroxyl groups excluding tert-OH is 1. The van der Waals surface area contributed by atoms with Gasteiger partial charge in [-0.3, -0.25) is 0 Å². The molecule has 0 bridgehead atoms. The van der Waals surface area contributed by atoms with Crippen molar-refractivity contribution in [2.75, 3.05) is 0 Å². The number of carbonyl (C=O) groups is 1. The largest absolute Gasteiger partial charge is 1.00 e. The number of hydrogen-bond donors (Lipinski definition) is 1. The van der Waals surface area contributed by atoms with Crippen LogP contribution in [0, 0.1) is 23.2 Å². The average molecular weight is 419 g/mol. The van der Waals surface area contributed by atoms with E-state index in [2.05, 4.69) is 27.7 Å². The van der Waals surface area contributed by atoms with Gasteiger partial charge in [0, 0.05) is 11.9 Å². The quantitative estimate of drug-likeness (QED) is 0.326. The molecule has 2 rings (SSSR count). The van der Waals surface area contributed by atoms with Crippen molar-refractivity contribution in [3.63, 3.8) is 0 Å². The zero-order valence-corrected chi connectivity index (χ0v) is 20.7. The van der Waals surface area contributed by atoms with Crippen molar-refractivity contribution in [3.8, 4) is 0 Å². The van der Waals surface area contributed by atoms with Gasteiger partial charge in [-0.2, -0.15) is 0 Å². The zero-order valence-electron chi connectivity index (χ0n) is 18.7. The molecular weight excluding hydrogens is 382 g/mol. The fraction of sp³-hybridized carbons (Fsp3) is 0.783. The van der Waals surface area contributed by atoms with E-state index in [1.54, 1.807) is 6.08 Å². The van der Waals surface area contributed by atoms with Crippen LogP contribution in [-0.2, 0) is 9.53 Å². The first-order valence-corrected chi connectivity index (χ1v) is 10.7. The molecule has 1 unspecified atom stereocenters. The van der Waals surface area contributed by atoms with Crippen LogP contribution < -0.4 is 34.7 Å². The van der Waals surface area contributed by atoms with Gasteiger partial charge in [0.05, 0.1) is 6.10 Å². The summed E-state index contributed by atoms with van der Waals surface area (Å²) >= 11 is 0. The number of rotatable bonds is 10. The number of unbranched alkanes of at least 4 members (excludes halogenated alkanes) is 2. The molecule has 0 aromatic carbocycles. The van der Waals surface area contributed by atoms with E-state index in [0.717, 1.165) is 25.7 Å². The molecule has 6 heteroatoms. The van der Waals surface area contributed by atoms with Crippen LogP contribution in [0.5, 0.6) is 0 Å². The van der Waals surface area contributed by atoms with Crippen LogP contribution in [0.15, 0.2) is 24.0 Å². The number of hydrogen-bond acceptors (Lipinski definition) is 4. The molecule has 2 aliphatic rings. The van der Waals surface area contributed by atoms with Crippen LogP contribution in [0.1, 0.15) is 72.6 Å². The number of allylic oxidation sites excluding steroid dienone is 3. The fourth-order valence-electron chi connectivity index (χ4n) is 4.49. The Bertz CT molecular complexity index is 589. The van der Waals surface area contributed by atoms with Gasteiger partial charge in [0.1, 0.15) is 11.9 Å². The first kappa shape index (κ1) is 26.7. The van der Waals surface area contributed by atoms with Gasteiger partial charge in [0.25, 0.3) is 0 Å². The zero-order chi connectivity index (χ0) is 20.9. The number of ether oxygens (including phenoxy) is 1. The summed E-state index contributed by atoms with van der Waals surface area (Å²) in [6.07, 6.45) is 8.50. The fourth-order valence-corrected chi connectivity index (χ4v) is 4.49. The number of carboxylic acids is 1. The van der Waals surface area contributed by atoms with E-state index >= 15 is 4.39 Å². The Balaban J connectivity index is 0.00000420. The first-order valence-electron chi connectivity index (χ1n) is 10.7. The topological polar surface area (TPSA) is 69.6 Å². The van der Waals surface area contributed by atoms with Crippen LogP contribution in [0.25, 0.3) is 0 Å². The molecule has 0 aromatic rings. The molecule has 1 N–H and O–H groups in total. The summed E-state index contributed by atoms with van der Waals surface area (Å²) < 4.78 is 20.9. The van der Waals surface area contributed by atoms with Crippen molar-refractivity contribution < 1.29 is 53.7 Å². The Morgan fingerprint density at radius 3 is 2.72 bits per heavy atom. The van der Waals surface area contributed by atoms with Gasteiger partial charge < -0.3 is 19.7 Å². The number of fused-ring (bicyclic) bond motifs is 1. The Kier molecular flexibility index (Phi) is 10.9. The maximum Gasteiger partial charge on any atom is 1.00 e. The van der Waals surface area contributed by atoms with E-state index in [1.165, 1.54) is 0 Å². The summed E-state index contributed by atoms with van der Waals surface area (Å²) in [4.78, 5) is 10.5. The third kappa shape index (κ3) is 7.09. The minimum Gasteiger partial charge on any atom is -0.550 e. The van der Waals surface area contributed by atoms with E-state index in [0.29, 0.717) is 24.5 Å². The molecule has 1 saturated heterocycles. The van der Waals surface area contributed by atoms with Crippen molar-refractivity contribution in [2.24, 2.45) is 23.2 Å². The molecular formula is C23H36FNaO4. The molecule has 29 heavy (non-hydrogen) atoms. The van der Waals surface area contributed by atoms with Crippen molar-refractivity contribution in [3.05, 3.63) is 24.0 Å². The van der Waals surface area contributed by atoms with Crippen LogP contribution in [-0.4, -0.2) is 29.5 Å². The summed E-state index contributed by atoms with van der Waals surface area (Å²) in [5.74, 6) is -0.633. The second-order valence-corrected chi connectivity index (χ2v) is 9.22. The molecule has 0 amide bonds. The number of carboxylic acid groups (broad SMARTS) is 1. The minimum atomic E-state index is -1.17. The van der Waals surface area contributed by atoms with Gasteiger partial charge in [-0.05, 0) is 55.4 Å². The molecule has 1 aliphatic heterocycles. The molecule has 1 aliphatic carbocycles. The Hall–Kier alpha value is -0.360. The van der Waals surface area contributed by atoms with Gasteiger partial charge in [-0.25, -0.2) is 4.39 Å². The monoisotopic (exact) mass is 418 g/mol. The Labute approximate surface area is 197 Å². The van der Waals surface area contributed by atoms with E-state index in [9.17, 15) is 15.0 Å². The van der Waals surface area contributed by atoms with Gasteiger partial charge >= 0.3 is 29.6 Å². The summed E-state index contributed by atoms with van der Waals surface area (Å²) in [7, 11) is 0. The number of aliphatic carboxylic acids is 1. The van der Waals surface area contributed by atoms with Crippen molar-refractivity contribution in [1.29, 1.82) is 0 Å². The minimum absolute atomic E-state index is 0. The van der Waals surface area contributed by atoms with Gasteiger partial charge in [0.15, 0.2) is 6.17 Å². The van der Waals surface area contributed by atoms with E-state index < -0.39 is 18.2 Å². The molecule has 0 spiro atoms. The molecule has 6 atom stereocenters. The molecule has 2 fully saturated rings. The predicted molar refractivity (Wildman–Crippen MR) is 106 cm³/mol. The summed E-state index contributed by atoms with van der Waals surface area (Å²) in [5, 5.41) is 21.1. The second-order valence-electron chi connectivity index (χ2n) is 9.22. The van der Waals surface area contributed by atoms with Crippen molar-refractivity contribution in [1.82, 2.24) is 0 Å².